The zero-order valence-electron chi connectivity index (χ0n) is 10.2. The first-order valence-corrected chi connectivity index (χ1v) is 7.36. The summed E-state index contributed by atoms with van der Waals surface area (Å²) in [6.45, 7) is 3.12. The van der Waals surface area contributed by atoms with Crippen LogP contribution in [0.15, 0.2) is 5.51 Å². The predicted octanol–water partition coefficient (Wildman–Crippen LogP) is 3.65. The van der Waals surface area contributed by atoms with Gasteiger partial charge in [0.15, 0.2) is 0 Å². The standard InChI is InChI=1S/C13H22N2S/c1-11-13(16-10-15-11)9-14-12-7-5-3-2-4-6-8-12/h10,12,14H,2-9H2,1H3. The van der Waals surface area contributed by atoms with Crippen LogP contribution in [-0.4, -0.2) is 11.0 Å². The topological polar surface area (TPSA) is 24.9 Å². The van der Waals surface area contributed by atoms with Crippen LogP contribution in [0.5, 0.6) is 0 Å². The monoisotopic (exact) mass is 238 g/mol. The molecule has 1 aliphatic carbocycles. The van der Waals surface area contributed by atoms with Crippen LogP contribution >= 0.6 is 11.3 Å². The van der Waals surface area contributed by atoms with Crippen LogP contribution in [0.25, 0.3) is 0 Å². The van der Waals surface area contributed by atoms with E-state index >= 15 is 0 Å². The highest BCUT2D eigenvalue weighted by molar-refractivity contribution is 7.09. The molecule has 0 saturated heterocycles. The van der Waals surface area contributed by atoms with Gasteiger partial charge in [-0.2, -0.15) is 0 Å². The Morgan fingerprint density at radius 1 is 1.25 bits per heavy atom. The van der Waals surface area contributed by atoms with E-state index < -0.39 is 0 Å². The summed E-state index contributed by atoms with van der Waals surface area (Å²) in [7, 11) is 0. The highest BCUT2D eigenvalue weighted by atomic mass is 32.1. The predicted molar refractivity (Wildman–Crippen MR) is 69.8 cm³/mol. The summed E-state index contributed by atoms with van der Waals surface area (Å²) in [5.41, 5.74) is 3.15. The van der Waals surface area contributed by atoms with Crippen LogP contribution in [0.1, 0.15) is 55.5 Å². The third-order valence-corrected chi connectivity index (χ3v) is 4.44. The minimum absolute atomic E-state index is 0.738. The van der Waals surface area contributed by atoms with Crippen LogP contribution < -0.4 is 5.32 Å². The van der Waals surface area contributed by atoms with Gasteiger partial charge in [0.2, 0.25) is 0 Å². The molecule has 2 rings (SSSR count). The lowest BCUT2D eigenvalue weighted by Gasteiger charge is -2.20. The van der Waals surface area contributed by atoms with Gasteiger partial charge in [-0.15, -0.1) is 11.3 Å². The second kappa shape index (κ2) is 6.36. The van der Waals surface area contributed by atoms with Gasteiger partial charge in [0.1, 0.15) is 0 Å². The third kappa shape index (κ3) is 3.56. The number of aryl methyl sites for hydroxylation is 1. The minimum Gasteiger partial charge on any atom is -0.309 e. The molecule has 16 heavy (non-hydrogen) atoms. The fourth-order valence-corrected chi connectivity index (χ4v) is 3.12. The van der Waals surface area contributed by atoms with Gasteiger partial charge < -0.3 is 5.32 Å². The molecule has 0 radical (unpaired) electrons. The molecule has 3 heteroatoms. The third-order valence-electron chi connectivity index (χ3n) is 3.50. The summed E-state index contributed by atoms with van der Waals surface area (Å²) in [5.74, 6) is 0. The number of nitrogens with one attached hydrogen (secondary N) is 1. The van der Waals surface area contributed by atoms with Crippen LogP contribution in [-0.2, 0) is 6.54 Å². The molecule has 1 aromatic heterocycles. The van der Waals surface area contributed by atoms with Crippen LogP contribution in [0.3, 0.4) is 0 Å². The molecular weight excluding hydrogens is 216 g/mol. The fourth-order valence-electron chi connectivity index (χ4n) is 2.39. The average molecular weight is 238 g/mol. The highest BCUT2D eigenvalue weighted by Crippen LogP contribution is 2.18. The first-order chi connectivity index (χ1) is 7.86. The first-order valence-electron chi connectivity index (χ1n) is 6.48. The Morgan fingerprint density at radius 2 is 1.94 bits per heavy atom. The number of hydrogen-bond donors (Lipinski definition) is 1. The maximum atomic E-state index is 4.29. The molecule has 0 atom stereocenters. The lowest BCUT2D eigenvalue weighted by molar-refractivity contribution is 0.389. The number of aromatic nitrogens is 1. The van der Waals surface area contributed by atoms with Gasteiger partial charge in [0.05, 0.1) is 11.2 Å². The highest BCUT2D eigenvalue weighted by Gasteiger charge is 2.11. The van der Waals surface area contributed by atoms with Crippen molar-refractivity contribution in [2.45, 2.75) is 64.5 Å². The maximum Gasteiger partial charge on any atom is 0.0798 e. The molecule has 0 amide bonds. The molecule has 0 spiro atoms. The summed E-state index contributed by atoms with van der Waals surface area (Å²) in [6.07, 6.45) is 9.82. The number of hydrogen-bond acceptors (Lipinski definition) is 3. The van der Waals surface area contributed by atoms with Gasteiger partial charge in [-0.3, -0.25) is 0 Å². The molecule has 2 nitrogen and oxygen atoms in total. The van der Waals surface area contributed by atoms with Crippen molar-refractivity contribution in [1.29, 1.82) is 0 Å². The number of thiazole rings is 1. The Hall–Kier alpha value is -0.410. The Balaban J connectivity index is 1.77. The van der Waals surface area contributed by atoms with Crippen molar-refractivity contribution in [3.63, 3.8) is 0 Å². The lowest BCUT2D eigenvalue weighted by Crippen LogP contribution is -2.29. The zero-order chi connectivity index (χ0) is 11.2. The number of rotatable bonds is 3. The normalized spacial score (nSPS) is 19.3. The molecule has 0 bridgehead atoms. The van der Waals surface area contributed by atoms with Crippen LogP contribution in [0, 0.1) is 6.92 Å². The SMILES string of the molecule is Cc1ncsc1CNC1CCCCCCC1. The van der Waals surface area contributed by atoms with E-state index in [1.807, 2.05) is 5.51 Å². The second-order valence-electron chi connectivity index (χ2n) is 4.78. The minimum atomic E-state index is 0.738. The van der Waals surface area contributed by atoms with E-state index in [4.69, 9.17) is 0 Å². The van der Waals surface area contributed by atoms with Gasteiger partial charge in [-0.25, -0.2) is 4.98 Å². The van der Waals surface area contributed by atoms with Crippen LogP contribution in [0.4, 0.5) is 0 Å². The van der Waals surface area contributed by atoms with Crippen molar-refractivity contribution in [2.75, 3.05) is 0 Å². The summed E-state index contributed by atoms with van der Waals surface area (Å²) < 4.78 is 0. The largest absolute Gasteiger partial charge is 0.309 e. The smallest absolute Gasteiger partial charge is 0.0798 e. The average Bonchev–Trinajstić information content (AvgIpc) is 2.63. The van der Waals surface area contributed by atoms with Gasteiger partial charge in [-0.05, 0) is 19.8 Å². The molecule has 90 valence electrons. The van der Waals surface area contributed by atoms with E-state index in [0.717, 1.165) is 12.6 Å². The molecule has 1 aliphatic rings. The molecule has 1 aromatic rings. The Kier molecular flexibility index (Phi) is 4.79. The van der Waals surface area contributed by atoms with Crippen molar-refractivity contribution >= 4 is 11.3 Å². The fraction of sp³-hybridized carbons (Fsp3) is 0.769. The summed E-state index contributed by atoms with van der Waals surface area (Å²) in [4.78, 5) is 5.70. The zero-order valence-corrected chi connectivity index (χ0v) is 11.0. The van der Waals surface area contributed by atoms with Crippen molar-refractivity contribution in [2.24, 2.45) is 0 Å². The van der Waals surface area contributed by atoms with Gasteiger partial charge in [0.25, 0.3) is 0 Å². The second-order valence-corrected chi connectivity index (χ2v) is 5.72. The molecule has 0 aromatic carbocycles. The van der Waals surface area contributed by atoms with Crippen molar-refractivity contribution in [1.82, 2.24) is 10.3 Å². The molecule has 1 fully saturated rings. The van der Waals surface area contributed by atoms with Crippen molar-refractivity contribution < 1.29 is 0 Å². The number of nitrogens with zero attached hydrogens (tertiary/aromatic N) is 1. The summed E-state index contributed by atoms with van der Waals surface area (Å²) in [5, 5.41) is 3.70. The molecule has 0 aliphatic heterocycles. The lowest BCUT2D eigenvalue weighted by atomic mass is 9.97. The molecule has 1 N–H and O–H groups in total. The Morgan fingerprint density at radius 3 is 2.56 bits per heavy atom. The Labute approximate surface area is 102 Å². The summed E-state index contributed by atoms with van der Waals surface area (Å²) >= 11 is 1.77. The summed E-state index contributed by atoms with van der Waals surface area (Å²) in [6, 6.07) is 0.738. The molecule has 1 heterocycles. The van der Waals surface area contributed by atoms with E-state index in [9.17, 15) is 0 Å². The van der Waals surface area contributed by atoms with Gasteiger partial charge >= 0.3 is 0 Å². The van der Waals surface area contributed by atoms with Crippen molar-refractivity contribution in [3.8, 4) is 0 Å². The van der Waals surface area contributed by atoms with E-state index in [2.05, 4.69) is 17.2 Å². The van der Waals surface area contributed by atoms with E-state index in [1.165, 1.54) is 55.5 Å². The van der Waals surface area contributed by atoms with Gasteiger partial charge in [-0.1, -0.05) is 32.1 Å². The Bertz CT molecular complexity index is 301. The van der Waals surface area contributed by atoms with E-state index in [1.54, 1.807) is 11.3 Å². The maximum absolute atomic E-state index is 4.29. The van der Waals surface area contributed by atoms with Gasteiger partial charge in [0, 0.05) is 17.5 Å². The molecule has 1 saturated carbocycles. The van der Waals surface area contributed by atoms with E-state index in [-0.39, 0.29) is 0 Å². The first kappa shape index (κ1) is 12.1. The quantitative estimate of drug-likeness (QED) is 0.869. The molecule has 0 unspecified atom stereocenters. The van der Waals surface area contributed by atoms with E-state index in [0.29, 0.717) is 0 Å². The van der Waals surface area contributed by atoms with Crippen molar-refractivity contribution in [3.05, 3.63) is 16.1 Å². The van der Waals surface area contributed by atoms with Crippen LogP contribution in [0.2, 0.25) is 0 Å². The molecular formula is C13H22N2S.